The van der Waals surface area contributed by atoms with Crippen molar-refractivity contribution in [3.63, 3.8) is 0 Å². The fourth-order valence-electron chi connectivity index (χ4n) is 3.20. The van der Waals surface area contributed by atoms with Crippen molar-refractivity contribution in [3.8, 4) is 16.9 Å². The Morgan fingerprint density at radius 1 is 0.964 bits per heavy atom. The van der Waals surface area contributed by atoms with E-state index in [0.717, 1.165) is 25.0 Å². The fraction of sp³-hybridized carbons (Fsp3) is 0.231. The van der Waals surface area contributed by atoms with Gasteiger partial charge in [-0.3, -0.25) is 0 Å². The van der Waals surface area contributed by atoms with Gasteiger partial charge in [0.1, 0.15) is 12.4 Å². The van der Waals surface area contributed by atoms with Gasteiger partial charge in [-0.1, -0.05) is 61.2 Å². The Morgan fingerprint density at radius 3 is 2.43 bits per heavy atom. The zero-order valence-electron chi connectivity index (χ0n) is 16.5. The van der Waals surface area contributed by atoms with Crippen molar-refractivity contribution < 1.29 is 9.84 Å². The molecule has 2 heteroatoms. The summed E-state index contributed by atoms with van der Waals surface area (Å²) in [5.74, 6) is 0.856. The lowest BCUT2D eigenvalue weighted by molar-refractivity contribution is 0.182. The van der Waals surface area contributed by atoms with Crippen LogP contribution in [-0.2, 0) is 0 Å². The lowest BCUT2D eigenvalue weighted by atomic mass is 9.99. The van der Waals surface area contributed by atoms with Crippen LogP contribution in [0.1, 0.15) is 31.7 Å². The molecule has 3 aromatic carbocycles. The van der Waals surface area contributed by atoms with E-state index in [-0.39, 0.29) is 6.10 Å². The predicted molar refractivity (Wildman–Crippen MR) is 120 cm³/mol. The molecule has 28 heavy (non-hydrogen) atoms. The normalized spacial score (nSPS) is 12.4. The summed E-state index contributed by atoms with van der Waals surface area (Å²) in [5.41, 5.74) is 3.58. The minimum atomic E-state index is -0.209. The number of ether oxygens (including phenoxy) is 1. The molecule has 1 unspecified atom stereocenters. The maximum atomic E-state index is 9.31. The van der Waals surface area contributed by atoms with Crippen molar-refractivity contribution in [1.29, 1.82) is 0 Å². The third-order valence-corrected chi connectivity index (χ3v) is 4.72. The molecule has 3 rings (SSSR count). The molecule has 0 bridgehead atoms. The topological polar surface area (TPSA) is 29.5 Å². The van der Waals surface area contributed by atoms with Crippen LogP contribution in [0.25, 0.3) is 28.0 Å². The van der Waals surface area contributed by atoms with E-state index < -0.39 is 0 Å². The number of benzene rings is 3. The van der Waals surface area contributed by atoms with Crippen LogP contribution in [0.2, 0.25) is 0 Å². The summed E-state index contributed by atoms with van der Waals surface area (Å²) < 4.78 is 5.55. The predicted octanol–water partition coefficient (Wildman–Crippen LogP) is 6.64. The monoisotopic (exact) mass is 372 g/mol. The number of unbranched alkanes of at least 4 members (excludes halogenated alkanes) is 1. The highest BCUT2D eigenvalue weighted by Crippen LogP contribution is 2.27. The summed E-state index contributed by atoms with van der Waals surface area (Å²) in [7, 11) is 0. The first kappa shape index (κ1) is 19.9. The standard InChI is InChI=1S/C26H28O2/c1-3-17-28-26-15-13-22(14-16-26)24-12-11-23-18-21(9-10-25(23)19-24)8-6-4-5-7-20(2)27/h3,6,8-16,18-20,27H,1,4-5,7,17H2,2H3. The van der Waals surface area contributed by atoms with E-state index in [9.17, 15) is 5.11 Å². The van der Waals surface area contributed by atoms with Crippen LogP contribution in [0.5, 0.6) is 5.75 Å². The summed E-state index contributed by atoms with van der Waals surface area (Å²) in [6.07, 6.45) is 8.75. The van der Waals surface area contributed by atoms with Crippen LogP contribution < -0.4 is 4.74 Å². The summed E-state index contributed by atoms with van der Waals surface area (Å²) in [5, 5.41) is 11.8. The second kappa shape index (κ2) is 9.91. The van der Waals surface area contributed by atoms with Gasteiger partial charge in [0.2, 0.25) is 0 Å². The first-order chi connectivity index (χ1) is 13.7. The van der Waals surface area contributed by atoms with Crippen molar-refractivity contribution >= 4 is 16.8 Å². The highest BCUT2D eigenvalue weighted by molar-refractivity contribution is 5.89. The van der Waals surface area contributed by atoms with E-state index in [4.69, 9.17) is 4.74 Å². The van der Waals surface area contributed by atoms with Gasteiger partial charge in [-0.15, -0.1) is 0 Å². The lowest BCUT2D eigenvalue weighted by Gasteiger charge is -2.07. The molecule has 2 nitrogen and oxygen atoms in total. The summed E-state index contributed by atoms with van der Waals surface area (Å²) in [6.45, 7) is 6.03. The SMILES string of the molecule is C=CCOc1ccc(-c2ccc3cc(C=CCCCC(C)O)ccc3c2)cc1. The number of rotatable bonds is 9. The maximum absolute atomic E-state index is 9.31. The molecule has 0 fully saturated rings. The summed E-state index contributed by atoms with van der Waals surface area (Å²) in [6, 6.07) is 21.3. The van der Waals surface area contributed by atoms with Crippen LogP contribution in [0.4, 0.5) is 0 Å². The molecule has 0 spiro atoms. The Hall–Kier alpha value is -2.84. The minimum absolute atomic E-state index is 0.209. The van der Waals surface area contributed by atoms with Crippen molar-refractivity contribution in [2.45, 2.75) is 32.3 Å². The van der Waals surface area contributed by atoms with E-state index in [1.54, 1.807) is 6.08 Å². The van der Waals surface area contributed by atoms with Gasteiger partial charge in [0, 0.05) is 0 Å². The molecule has 0 saturated heterocycles. The number of aliphatic hydroxyl groups excluding tert-OH is 1. The molecule has 3 aromatic rings. The van der Waals surface area contributed by atoms with Gasteiger partial charge in [0.25, 0.3) is 0 Å². The van der Waals surface area contributed by atoms with Crippen LogP contribution in [0.15, 0.2) is 79.4 Å². The van der Waals surface area contributed by atoms with Gasteiger partial charge >= 0.3 is 0 Å². The Bertz CT molecular complexity index is 936. The highest BCUT2D eigenvalue weighted by atomic mass is 16.5. The molecule has 0 amide bonds. The first-order valence-electron chi connectivity index (χ1n) is 9.88. The summed E-state index contributed by atoms with van der Waals surface area (Å²) >= 11 is 0. The van der Waals surface area contributed by atoms with Crippen molar-refractivity contribution in [2.24, 2.45) is 0 Å². The van der Waals surface area contributed by atoms with Gasteiger partial charge in [-0.2, -0.15) is 0 Å². The zero-order valence-corrected chi connectivity index (χ0v) is 16.5. The van der Waals surface area contributed by atoms with Gasteiger partial charge in [-0.05, 0) is 77.9 Å². The Balaban J connectivity index is 1.70. The average molecular weight is 373 g/mol. The highest BCUT2D eigenvalue weighted by Gasteiger charge is 2.02. The van der Waals surface area contributed by atoms with Crippen molar-refractivity contribution in [1.82, 2.24) is 0 Å². The minimum Gasteiger partial charge on any atom is -0.490 e. The largest absolute Gasteiger partial charge is 0.490 e. The van der Waals surface area contributed by atoms with Crippen molar-refractivity contribution in [3.05, 3.63) is 85.0 Å². The molecule has 0 aliphatic rings. The third kappa shape index (κ3) is 5.58. The van der Waals surface area contributed by atoms with Gasteiger partial charge in [0.15, 0.2) is 0 Å². The number of hydrogen-bond donors (Lipinski definition) is 1. The Kier molecular flexibility index (Phi) is 7.05. The van der Waals surface area contributed by atoms with E-state index >= 15 is 0 Å². The molecule has 144 valence electrons. The first-order valence-corrected chi connectivity index (χ1v) is 9.88. The molecule has 0 heterocycles. The molecule has 0 aliphatic heterocycles. The number of aliphatic hydroxyl groups is 1. The molecular formula is C26H28O2. The second-order valence-electron chi connectivity index (χ2n) is 7.13. The van der Waals surface area contributed by atoms with E-state index in [1.807, 2.05) is 19.1 Å². The molecule has 0 aliphatic carbocycles. The van der Waals surface area contributed by atoms with Crippen molar-refractivity contribution in [2.75, 3.05) is 6.61 Å². The van der Waals surface area contributed by atoms with Gasteiger partial charge in [0.05, 0.1) is 6.10 Å². The smallest absolute Gasteiger partial charge is 0.119 e. The molecule has 0 aromatic heterocycles. The summed E-state index contributed by atoms with van der Waals surface area (Å²) in [4.78, 5) is 0. The fourth-order valence-corrected chi connectivity index (χ4v) is 3.20. The maximum Gasteiger partial charge on any atom is 0.119 e. The van der Waals surface area contributed by atoms with Crippen LogP contribution in [-0.4, -0.2) is 17.8 Å². The second-order valence-corrected chi connectivity index (χ2v) is 7.13. The van der Waals surface area contributed by atoms with E-state index in [1.165, 1.54) is 27.5 Å². The lowest BCUT2D eigenvalue weighted by Crippen LogP contribution is -1.97. The number of allylic oxidation sites excluding steroid dienone is 1. The van der Waals surface area contributed by atoms with Crippen LogP contribution in [0.3, 0.4) is 0 Å². The molecule has 0 radical (unpaired) electrons. The quantitative estimate of drug-likeness (QED) is 0.337. The van der Waals surface area contributed by atoms with Crippen LogP contribution in [0, 0.1) is 0 Å². The van der Waals surface area contributed by atoms with Gasteiger partial charge in [-0.25, -0.2) is 0 Å². The third-order valence-electron chi connectivity index (χ3n) is 4.72. The Morgan fingerprint density at radius 2 is 1.68 bits per heavy atom. The number of fused-ring (bicyclic) bond motifs is 1. The van der Waals surface area contributed by atoms with Gasteiger partial charge < -0.3 is 9.84 Å². The van der Waals surface area contributed by atoms with Crippen LogP contribution >= 0.6 is 0 Å². The Labute approximate surface area is 167 Å². The zero-order chi connectivity index (χ0) is 19.8. The molecule has 0 saturated carbocycles. The molecule has 1 atom stereocenters. The average Bonchev–Trinajstić information content (AvgIpc) is 2.71. The van der Waals surface area contributed by atoms with E-state index in [2.05, 4.69) is 67.3 Å². The van der Waals surface area contributed by atoms with E-state index in [0.29, 0.717) is 6.61 Å². The number of hydrogen-bond acceptors (Lipinski definition) is 2. The molecule has 1 N–H and O–H groups in total. The molecular weight excluding hydrogens is 344 g/mol.